The molecule has 32 heavy (non-hydrogen) atoms. The Kier molecular flexibility index (Phi) is 5.39. The Morgan fingerprint density at radius 3 is 2.91 bits per heavy atom. The van der Waals surface area contributed by atoms with E-state index in [1.54, 1.807) is 0 Å². The Balaban J connectivity index is 1.22. The normalized spacial score (nSPS) is 12.9. The van der Waals surface area contributed by atoms with Crippen LogP contribution in [-0.4, -0.2) is 24.0 Å². The summed E-state index contributed by atoms with van der Waals surface area (Å²) < 4.78 is 11.3. The van der Waals surface area contributed by atoms with Crippen molar-refractivity contribution >= 4 is 39.4 Å². The van der Waals surface area contributed by atoms with Gasteiger partial charge in [-0.3, -0.25) is 4.79 Å². The summed E-state index contributed by atoms with van der Waals surface area (Å²) in [7, 11) is 0. The maximum absolute atomic E-state index is 12.3. The number of aryl methyl sites for hydroxylation is 2. The molecule has 6 nitrogen and oxygen atoms in total. The van der Waals surface area contributed by atoms with Gasteiger partial charge in [0.2, 0.25) is 0 Å². The van der Waals surface area contributed by atoms with Crippen LogP contribution in [0.2, 0.25) is 5.02 Å². The van der Waals surface area contributed by atoms with Gasteiger partial charge in [-0.05, 0) is 74.1 Å². The molecule has 2 aromatic carbocycles. The fourth-order valence-corrected chi connectivity index (χ4v) is 4.68. The highest BCUT2D eigenvalue weighted by Crippen LogP contribution is 2.33. The van der Waals surface area contributed by atoms with E-state index in [4.69, 9.17) is 20.8 Å². The summed E-state index contributed by atoms with van der Waals surface area (Å²) in [5, 5.41) is 5.59. The second kappa shape index (κ2) is 8.36. The average Bonchev–Trinajstić information content (AvgIpc) is 3.42. The molecule has 5 rings (SSSR count). The van der Waals surface area contributed by atoms with Gasteiger partial charge < -0.3 is 19.5 Å². The highest BCUT2D eigenvalue weighted by atomic mass is 35.5. The maximum Gasteiger partial charge on any atom is 0.339 e. The molecule has 0 aliphatic heterocycles. The van der Waals surface area contributed by atoms with Gasteiger partial charge in [0.15, 0.2) is 6.61 Å². The highest BCUT2D eigenvalue weighted by Gasteiger charge is 2.21. The van der Waals surface area contributed by atoms with Gasteiger partial charge >= 0.3 is 5.63 Å². The van der Waals surface area contributed by atoms with E-state index in [1.807, 2.05) is 43.5 Å². The number of hydrogen-bond donors (Lipinski definition) is 2. The Morgan fingerprint density at radius 1 is 1.19 bits per heavy atom. The van der Waals surface area contributed by atoms with E-state index in [2.05, 4.69) is 10.3 Å². The standard InChI is InChI=1S/C25H23ClN2O4/c1-14-22(8-6-18-17-3-2-4-19(17)25(30)32-24(14)18)31-13-23(29)27-10-9-15-12-28-21-7-5-16(26)11-20(15)21/h5-8,11-12,28H,2-4,9-10,13H2,1H3,(H,27,29). The van der Waals surface area contributed by atoms with Gasteiger partial charge in [0.1, 0.15) is 11.3 Å². The van der Waals surface area contributed by atoms with Crippen molar-refractivity contribution in [1.82, 2.24) is 10.3 Å². The number of hydrogen-bond acceptors (Lipinski definition) is 4. The van der Waals surface area contributed by atoms with E-state index in [0.29, 0.717) is 29.3 Å². The second-order valence-corrected chi connectivity index (χ2v) is 8.59. The first-order chi connectivity index (χ1) is 15.5. The fraction of sp³-hybridized carbons (Fsp3) is 0.280. The molecule has 0 bridgehead atoms. The summed E-state index contributed by atoms with van der Waals surface area (Å²) in [6.07, 6.45) is 5.25. The van der Waals surface area contributed by atoms with Gasteiger partial charge in [-0.15, -0.1) is 0 Å². The SMILES string of the molecule is Cc1c(OCC(=O)NCCc2c[nH]c3ccc(Cl)cc23)ccc2c3c(c(=O)oc12)CCC3. The minimum atomic E-state index is -0.262. The van der Waals surface area contributed by atoms with E-state index in [0.717, 1.165) is 57.8 Å². The van der Waals surface area contributed by atoms with Gasteiger partial charge in [-0.25, -0.2) is 4.79 Å². The molecular weight excluding hydrogens is 428 g/mol. The van der Waals surface area contributed by atoms with Crippen LogP contribution in [0.25, 0.3) is 21.9 Å². The number of aromatic nitrogens is 1. The molecule has 2 N–H and O–H groups in total. The van der Waals surface area contributed by atoms with Gasteiger partial charge in [-0.1, -0.05) is 11.6 Å². The molecule has 1 amide bonds. The average molecular weight is 451 g/mol. The molecule has 0 unspecified atom stereocenters. The number of ether oxygens (including phenoxy) is 1. The smallest absolute Gasteiger partial charge is 0.339 e. The number of amides is 1. The molecule has 0 fully saturated rings. The monoisotopic (exact) mass is 450 g/mol. The van der Waals surface area contributed by atoms with Gasteiger partial charge in [0, 0.05) is 45.2 Å². The lowest BCUT2D eigenvalue weighted by molar-refractivity contribution is -0.123. The lowest BCUT2D eigenvalue weighted by atomic mass is 10.0. The van der Waals surface area contributed by atoms with E-state index in [-0.39, 0.29) is 18.1 Å². The first kappa shape index (κ1) is 20.6. The molecule has 7 heteroatoms. The summed E-state index contributed by atoms with van der Waals surface area (Å²) in [5.41, 5.74) is 5.01. The van der Waals surface area contributed by atoms with Gasteiger partial charge in [-0.2, -0.15) is 0 Å². The van der Waals surface area contributed by atoms with Gasteiger partial charge in [0.05, 0.1) is 0 Å². The molecule has 0 saturated heterocycles. The largest absolute Gasteiger partial charge is 0.483 e. The molecule has 1 aliphatic carbocycles. The third-order valence-electron chi connectivity index (χ3n) is 6.15. The van der Waals surface area contributed by atoms with Gasteiger partial charge in [0.25, 0.3) is 5.91 Å². The van der Waals surface area contributed by atoms with Crippen molar-refractivity contribution in [2.75, 3.05) is 13.2 Å². The van der Waals surface area contributed by atoms with Crippen molar-refractivity contribution in [3.63, 3.8) is 0 Å². The van der Waals surface area contributed by atoms with Crippen molar-refractivity contribution in [2.24, 2.45) is 0 Å². The number of carbonyl (C=O) groups is 1. The summed E-state index contributed by atoms with van der Waals surface area (Å²) in [4.78, 5) is 27.8. The van der Waals surface area contributed by atoms with Crippen molar-refractivity contribution in [1.29, 1.82) is 0 Å². The van der Waals surface area contributed by atoms with Crippen molar-refractivity contribution in [3.8, 4) is 5.75 Å². The lowest BCUT2D eigenvalue weighted by Crippen LogP contribution is -2.30. The number of rotatable bonds is 6. The first-order valence-corrected chi connectivity index (χ1v) is 11.1. The molecular formula is C25H23ClN2O4. The minimum absolute atomic E-state index is 0.110. The third-order valence-corrected chi connectivity index (χ3v) is 6.38. The number of halogens is 1. The molecule has 164 valence electrons. The van der Waals surface area contributed by atoms with Crippen molar-refractivity contribution in [3.05, 3.63) is 74.2 Å². The van der Waals surface area contributed by atoms with Crippen LogP contribution in [0.5, 0.6) is 5.75 Å². The zero-order valence-electron chi connectivity index (χ0n) is 17.7. The molecule has 0 radical (unpaired) electrons. The summed E-state index contributed by atoms with van der Waals surface area (Å²) >= 11 is 6.09. The van der Waals surface area contributed by atoms with Crippen LogP contribution < -0.4 is 15.7 Å². The predicted octanol–water partition coefficient (Wildman–Crippen LogP) is 4.46. The van der Waals surface area contributed by atoms with Crippen LogP contribution >= 0.6 is 11.6 Å². The number of H-pyrrole nitrogens is 1. The Hall–Kier alpha value is -3.25. The zero-order chi connectivity index (χ0) is 22.2. The van der Waals surface area contributed by atoms with Crippen LogP contribution in [0.1, 0.15) is 28.7 Å². The number of carbonyl (C=O) groups excluding carboxylic acids is 1. The Bertz CT molecular complexity index is 1400. The summed E-state index contributed by atoms with van der Waals surface area (Å²) in [5.74, 6) is 0.331. The maximum atomic E-state index is 12.3. The molecule has 0 saturated carbocycles. The van der Waals surface area contributed by atoms with Crippen LogP contribution in [0.3, 0.4) is 0 Å². The van der Waals surface area contributed by atoms with Crippen molar-refractivity contribution in [2.45, 2.75) is 32.6 Å². The number of aromatic amines is 1. The molecule has 4 aromatic rings. The highest BCUT2D eigenvalue weighted by molar-refractivity contribution is 6.31. The zero-order valence-corrected chi connectivity index (χ0v) is 18.5. The Labute approximate surface area is 189 Å². The van der Waals surface area contributed by atoms with Crippen LogP contribution in [0.4, 0.5) is 0 Å². The van der Waals surface area contributed by atoms with E-state index in [9.17, 15) is 9.59 Å². The van der Waals surface area contributed by atoms with E-state index >= 15 is 0 Å². The lowest BCUT2D eigenvalue weighted by Gasteiger charge is -2.12. The van der Waals surface area contributed by atoms with Crippen LogP contribution in [0.15, 0.2) is 45.7 Å². The fourth-order valence-electron chi connectivity index (χ4n) is 4.51. The third kappa shape index (κ3) is 3.75. The molecule has 2 heterocycles. The number of fused-ring (bicyclic) bond motifs is 4. The number of benzene rings is 2. The van der Waals surface area contributed by atoms with E-state index in [1.165, 1.54) is 0 Å². The summed E-state index contributed by atoms with van der Waals surface area (Å²) in [6.45, 7) is 2.22. The topological polar surface area (TPSA) is 84.3 Å². The van der Waals surface area contributed by atoms with E-state index < -0.39 is 0 Å². The van der Waals surface area contributed by atoms with Crippen molar-refractivity contribution < 1.29 is 13.9 Å². The predicted molar refractivity (Wildman–Crippen MR) is 125 cm³/mol. The second-order valence-electron chi connectivity index (χ2n) is 8.16. The molecule has 2 aromatic heterocycles. The van der Waals surface area contributed by atoms with Crippen LogP contribution in [-0.2, 0) is 24.1 Å². The quantitative estimate of drug-likeness (QED) is 0.425. The minimum Gasteiger partial charge on any atom is -0.483 e. The Morgan fingerprint density at radius 2 is 2.03 bits per heavy atom. The van der Waals surface area contributed by atoms with Crippen LogP contribution in [0, 0.1) is 6.92 Å². The molecule has 1 aliphatic rings. The summed E-state index contributed by atoms with van der Waals surface area (Å²) in [6, 6.07) is 9.47. The first-order valence-electron chi connectivity index (χ1n) is 10.7. The molecule has 0 atom stereocenters. The number of nitrogens with one attached hydrogen (secondary N) is 2. The molecule has 0 spiro atoms.